The second-order valence-electron chi connectivity index (χ2n) is 14.0. The van der Waals surface area contributed by atoms with E-state index in [1.54, 1.807) is 0 Å². The van der Waals surface area contributed by atoms with Gasteiger partial charge in [-0.2, -0.15) is 0 Å². The number of hydrogen-bond acceptors (Lipinski definition) is 3. The molecule has 0 bridgehead atoms. The third-order valence-corrected chi connectivity index (χ3v) is 12.0. The number of nitrogens with zero attached hydrogens (tertiary/aromatic N) is 1. The summed E-state index contributed by atoms with van der Waals surface area (Å²) in [6, 6.07) is 72.3. The van der Waals surface area contributed by atoms with Crippen molar-refractivity contribution in [3.8, 4) is 33.4 Å². The van der Waals surface area contributed by atoms with E-state index in [0.29, 0.717) is 0 Å². The molecule has 0 aliphatic carbocycles. The lowest BCUT2D eigenvalue weighted by atomic mass is 9.94. The third-order valence-electron chi connectivity index (χ3n) is 10.9. The van der Waals surface area contributed by atoms with E-state index in [-0.39, 0.29) is 0 Å². The zero-order valence-corrected chi connectivity index (χ0v) is 30.6. The molecule has 0 radical (unpaired) electrons. The summed E-state index contributed by atoms with van der Waals surface area (Å²) in [4.78, 5) is 2.47. The predicted octanol–water partition coefficient (Wildman–Crippen LogP) is 15.6. The Balaban J connectivity index is 1.23. The summed E-state index contributed by atoms with van der Waals surface area (Å²) in [5.41, 5.74) is 12.0. The maximum atomic E-state index is 6.79. The zero-order valence-electron chi connectivity index (χ0n) is 29.8. The van der Waals surface area contributed by atoms with Gasteiger partial charge < -0.3 is 9.32 Å². The summed E-state index contributed by atoms with van der Waals surface area (Å²) in [7, 11) is 0. The molecule has 2 nitrogen and oxygen atoms in total. The summed E-state index contributed by atoms with van der Waals surface area (Å²) in [5, 5.41) is 7.04. The van der Waals surface area contributed by atoms with E-state index in [9.17, 15) is 0 Å². The molecule has 11 aromatic rings. The molecule has 55 heavy (non-hydrogen) atoms. The van der Waals surface area contributed by atoms with Crippen LogP contribution in [0.4, 0.5) is 17.1 Å². The molecule has 0 amide bonds. The molecule has 0 aliphatic rings. The molecule has 3 heteroatoms. The van der Waals surface area contributed by atoms with Crippen LogP contribution in [-0.4, -0.2) is 0 Å². The minimum absolute atomic E-state index is 0.861. The Morgan fingerprint density at radius 3 is 1.91 bits per heavy atom. The van der Waals surface area contributed by atoms with Crippen LogP contribution >= 0.6 is 11.3 Å². The van der Waals surface area contributed by atoms with Crippen LogP contribution in [-0.2, 0) is 0 Å². The first-order chi connectivity index (χ1) is 27.3. The van der Waals surface area contributed by atoms with Crippen LogP contribution in [0.5, 0.6) is 0 Å². The molecule has 2 heterocycles. The summed E-state index contributed by atoms with van der Waals surface area (Å²) in [6.07, 6.45) is 0. The third kappa shape index (κ3) is 5.24. The molecule has 9 aromatic carbocycles. The van der Waals surface area contributed by atoms with Crippen molar-refractivity contribution in [2.45, 2.75) is 0 Å². The van der Waals surface area contributed by atoms with Crippen LogP contribution in [0, 0.1) is 0 Å². The number of anilines is 3. The predicted molar refractivity (Wildman–Crippen MR) is 235 cm³/mol. The smallest absolute Gasteiger partial charge is 0.143 e. The van der Waals surface area contributed by atoms with Crippen molar-refractivity contribution in [1.29, 1.82) is 0 Å². The minimum atomic E-state index is 0.861. The fraction of sp³-hybridized carbons (Fsp3) is 0. The highest BCUT2D eigenvalue weighted by Crippen LogP contribution is 2.50. The molecular formula is C52H33NOS. The fourth-order valence-corrected chi connectivity index (χ4v) is 9.39. The molecule has 0 saturated carbocycles. The van der Waals surface area contributed by atoms with Crippen molar-refractivity contribution in [2.24, 2.45) is 0 Å². The highest BCUT2D eigenvalue weighted by atomic mass is 32.1. The molecule has 0 N–H and O–H groups in total. The molecule has 258 valence electrons. The second kappa shape index (κ2) is 12.9. The average molecular weight is 720 g/mol. The highest BCUT2D eigenvalue weighted by Gasteiger charge is 2.25. The van der Waals surface area contributed by atoms with Gasteiger partial charge in [-0.25, -0.2) is 0 Å². The van der Waals surface area contributed by atoms with Crippen molar-refractivity contribution < 1.29 is 4.42 Å². The van der Waals surface area contributed by atoms with Crippen LogP contribution in [0.2, 0.25) is 0 Å². The Kier molecular flexibility index (Phi) is 7.39. The first-order valence-electron chi connectivity index (χ1n) is 18.7. The molecule has 2 aromatic heterocycles. The van der Waals surface area contributed by atoms with E-state index < -0.39 is 0 Å². The summed E-state index contributed by atoms with van der Waals surface area (Å²) in [5.74, 6) is 0. The molecule has 0 fully saturated rings. The lowest BCUT2D eigenvalue weighted by molar-refractivity contribution is 0.672. The number of hydrogen-bond donors (Lipinski definition) is 0. The topological polar surface area (TPSA) is 16.4 Å². The normalized spacial score (nSPS) is 11.6. The monoisotopic (exact) mass is 719 g/mol. The van der Waals surface area contributed by atoms with E-state index >= 15 is 0 Å². The molecule has 0 unspecified atom stereocenters. The van der Waals surface area contributed by atoms with Gasteiger partial charge in [0.15, 0.2) is 0 Å². The lowest BCUT2D eigenvalue weighted by Crippen LogP contribution is -2.13. The minimum Gasteiger partial charge on any atom is -0.455 e. The van der Waals surface area contributed by atoms with E-state index in [1.165, 1.54) is 36.9 Å². The Morgan fingerprint density at radius 2 is 1.04 bits per heavy atom. The number of benzene rings is 9. The van der Waals surface area contributed by atoms with Gasteiger partial charge in [0.2, 0.25) is 0 Å². The average Bonchev–Trinajstić information content (AvgIpc) is 3.84. The van der Waals surface area contributed by atoms with Crippen molar-refractivity contribution in [1.82, 2.24) is 0 Å². The largest absolute Gasteiger partial charge is 0.455 e. The van der Waals surface area contributed by atoms with Crippen LogP contribution in [0.3, 0.4) is 0 Å². The van der Waals surface area contributed by atoms with E-state index in [1.807, 2.05) is 11.3 Å². The zero-order chi connectivity index (χ0) is 36.3. The van der Waals surface area contributed by atoms with Gasteiger partial charge in [0.25, 0.3) is 0 Å². The van der Waals surface area contributed by atoms with E-state index in [2.05, 4.69) is 205 Å². The van der Waals surface area contributed by atoms with E-state index in [0.717, 1.165) is 66.5 Å². The summed E-state index contributed by atoms with van der Waals surface area (Å²) < 4.78 is 9.39. The highest BCUT2D eigenvalue weighted by molar-refractivity contribution is 7.25. The first-order valence-corrected chi connectivity index (χ1v) is 19.5. The number of thiophene rings is 1. The van der Waals surface area contributed by atoms with Gasteiger partial charge in [0, 0.05) is 42.1 Å². The van der Waals surface area contributed by atoms with Gasteiger partial charge in [0.1, 0.15) is 11.2 Å². The molecular weight excluding hydrogens is 687 g/mol. The lowest BCUT2D eigenvalue weighted by Gasteiger charge is -2.31. The second-order valence-corrected chi connectivity index (χ2v) is 15.1. The number of furan rings is 1. The molecule has 0 saturated heterocycles. The van der Waals surface area contributed by atoms with Crippen LogP contribution in [0.25, 0.3) is 86.3 Å². The van der Waals surface area contributed by atoms with Gasteiger partial charge in [0.05, 0.1) is 22.4 Å². The van der Waals surface area contributed by atoms with Crippen LogP contribution in [0.15, 0.2) is 205 Å². The summed E-state index contributed by atoms with van der Waals surface area (Å²) >= 11 is 1.85. The Labute approximate surface area is 322 Å². The van der Waals surface area contributed by atoms with Gasteiger partial charge in [-0.15, -0.1) is 11.3 Å². The summed E-state index contributed by atoms with van der Waals surface area (Å²) in [6.45, 7) is 0. The first kappa shape index (κ1) is 31.6. The number of rotatable bonds is 6. The Hall–Kier alpha value is -6.94. The quantitative estimate of drug-likeness (QED) is 0.170. The Bertz CT molecular complexity index is 3210. The van der Waals surface area contributed by atoms with Gasteiger partial charge in [-0.3, -0.25) is 0 Å². The number of fused-ring (bicyclic) bond motifs is 8. The maximum Gasteiger partial charge on any atom is 0.143 e. The molecule has 0 aliphatic heterocycles. The standard InChI is InChI=1S/C52H33NOS/c1-3-14-34(15-4-1)37-27-30-46(43(32-37)35-16-5-2-6-17-35)53(47-23-13-24-48-51(47)42-29-26-36-18-7-8-20-40(36)52(42)54-48)45-22-11-9-19-39(45)38-28-31-50-44(33-38)41-21-10-12-25-49(41)55-50/h1-33H. The van der Waals surface area contributed by atoms with Gasteiger partial charge in [-0.1, -0.05) is 146 Å². The van der Waals surface area contributed by atoms with Gasteiger partial charge in [-0.05, 0) is 82.2 Å². The molecule has 0 atom stereocenters. The number of para-hydroxylation sites is 1. The van der Waals surface area contributed by atoms with Crippen molar-refractivity contribution in [3.63, 3.8) is 0 Å². The van der Waals surface area contributed by atoms with Crippen molar-refractivity contribution in [2.75, 3.05) is 4.90 Å². The fourth-order valence-electron chi connectivity index (χ4n) is 8.31. The Morgan fingerprint density at radius 1 is 0.364 bits per heavy atom. The maximum absolute atomic E-state index is 6.79. The van der Waals surface area contributed by atoms with E-state index in [4.69, 9.17) is 4.42 Å². The van der Waals surface area contributed by atoms with Crippen LogP contribution in [0.1, 0.15) is 0 Å². The SMILES string of the molecule is c1ccc(-c2ccc(N(c3ccccc3-c3ccc4sc5ccccc5c4c3)c3cccc4oc5c6ccccc6ccc5c34)c(-c3ccccc3)c2)cc1. The van der Waals surface area contributed by atoms with Crippen molar-refractivity contribution in [3.05, 3.63) is 200 Å². The van der Waals surface area contributed by atoms with Crippen LogP contribution < -0.4 is 4.90 Å². The molecule has 0 spiro atoms. The van der Waals surface area contributed by atoms with Crippen molar-refractivity contribution >= 4 is 81.3 Å². The molecule has 11 rings (SSSR count). The van der Waals surface area contributed by atoms with Gasteiger partial charge >= 0.3 is 0 Å².